The predicted molar refractivity (Wildman–Crippen MR) is 87.3 cm³/mol. The topological polar surface area (TPSA) is 41.1 Å². The number of carbonyl (C=O) groups is 1. The van der Waals surface area contributed by atoms with Gasteiger partial charge in [-0.2, -0.15) is 0 Å². The molecule has 21 heavy (non-hydrogen) atoms. The number of carbonyl (C=O) groups excluding carboxylic acids is 1. The fourth-order valence-corrected chi connectivity index (χ4v) is 2.77. The number of hydrogen-bond acceptors (Lipinski definition) is 2. The van der Waals surface area contributed by atoms with Crippen LogP contribution in [0.1, 0.15) is 24.1 Å². The van der Waals surface area contributed by atoms with Crippen LogP contribution in [0.15, 0.2) is 36.4 Å². The normalized spacial score (nSPS) is 14.5. The Morgan fingerprint density at radius 1 is 1.19 bits per heavy atom. The number of fused-ring (bicyclic) bond motifs is 1. The van der Waals surface area contributed by atoms with Gasteiger partial charge in [0.2, 0.25) is 5.91 Å². The van der Waals surface area contributed by atoms with Crippen LogP contribution in [0.25, 0.3) is 0 Å². The van der Waals surface area contributed by atoms with E-state index in [9.17, 15) is 4.79 Å². The van der Waals surface area contributed by atoms with Gasteiger partial charge in [-0.1, -0.05) is 35.3 Å². The highest BCUT2D eigenvalue weighted by molar-refractivity contribution is 6.33. The summed E-state index contributed by atoms with van der Waals surface area (Å²) in [5.74, 6) is 0.00367. The smallest absolute Gasteiger partial charge is 0.228 e. The molecule has 0 bridgehead atoms. The zero-order valence-electron chi connectivity index (χ0n) is 11.4. The van der Waals surface area contributed by atoms with Crippen LogP contribution in [0.4, 0.5) is 11.4 Å². The third-order valence-electron chi connectivity index (χ3n) is 3.56. The second kappa shape index (κ2) is 5.58. The summed E-state index contributed by atoms with van der Waals surface area (Å²) < 4.78 is 0. The standard InChI is InChI=1S/C16H14Cl2N2O/c1-9(10-2-4-12(17)5-3-10)19-15-6-11-7-16(21)20-14(11)8-13(15)18/h2-6,8-9,19H,7H2,1H3,(H,20,21). The van der Waals surface area contributed by atoms with Crippen molar-refractivity contribution in [3.8, 4) is 0 Å². The first-order chi connectivity index (χ1) is 10.0. The third kappa shape index (κ3) is 2.99. The van der Waals surface area contributed by atoms with Gasteiger partial charge in [0, 0.05) is 16.8 Å². The zero-order chi connectivity index (χ0) is 15.0. The fourth-order valence-electron chi connectivity index (χ4n) is 2.43. The van der Waals surface area contributed by atoms with Gasteiger partial charge in [-0.05, 0) is 42.3 Å². The number of rotatable bonds is 3. The van der Waals surface area contributed by atoms with E-state index in [0.29, 0.717) is 16.5 Å². The number of halogens is 2. The van der Waals surface area contributed by atoms with Crippen molar-refractivity contribution in [3.05, 3.63) is 57.6 Å². The van der Waals surface area contributed by atoms with Gasteiger partial charge >= 0.3 is 0 Å². The van der Waals surface area contributed by atoms with E-state index in [1.807, 2.05) is 30.3 Å². The van der Waals surface area contributed by atoms with Crippen molar-refractivity contribution in [2.24, 2.45) is 0 Å². The summed E-state index contributed by atoms with van der Waals surface area (Å²) in [6, 6.07) is 11.5. The summed E-state index contributed by atoms with van der Waals surface area (Å²) in [6.45, 7) is 2.05. The molecule has 0 aromatic heterocycles. The Morgan fingerprint density at radius 3 is 2.62 bits per heavy atom. The SMILES string of the molecule is CC(Nc1cc2c(cc1Cl)NC(=O)C2)c1ccc(Cl)cc1. The molecule has 0 spiro atoms. The molecule has 1 amide bonds. The maximum absolute atomic E-state index is 11.4. The Bertz CT molecular complexity index is 698. The van der Waals surface area contributed by atoms with Crippen molar-refractivity contribution in [2.45, 2.75) is 19.4 Å². The largest absolute Gasteiger partial charge is 0.377 e. The monoisotopic (exact) mass is 320 g/mol. The molecule has 1 unspecified atom stereocenters. The van der Waals surface area contributed by atoms with Gasteiger partial charge in [0.15, 0.2) is 0 Å². The first kappa shape index (κ1) is 14.2. The molecule has 108 valence electrons. The molecule has 3 rings (SSSR count). The Morgan fingerprint density at radius 2 is 1.90 bits per heavy atom. The quantitative estimate of drug-likeness (QED) is 0.863. The van der Waals surface area contributed by atoms with Gasteiger partial charge in [-0.25, -0.2) is 0 Å². The molecule has 0 aliphatic carbocycles. The van der Waals surface area contributed by atoms with Gasteiger partial charge in [0.1, 0.15) is 0 Å². The highest BCUT2D eigenvalue weighted by Crippen LogP contribution is 2.34. The summed E-state index contributed by atoms with van der Waals surface area (Å²) in [6.07, 6.45) is 0.399. The highest BCUT2D eigenvalue weighted by Gasteiger charge is 2.20. The van der Waals surface area contributed by atoms with Crippen LogP contribution in [-0.4, -0.2) is 5.91 Å². The maximum Gasteiger partial charge on any atom is 0.228 e. The van der Waals surface area contributed by atoms with Gasteiger partial charge in [-0.15, -0.1) is 0 Å². The van der Waals surface area contributed by atoms with E-state index < -0.39 is 0 Å². The van der Waals surface area contributed by atoms with Crippen LogP contribution >= 0.6 is 23.2 Å². The highest BCUT2D eigenvalue weighted by atomic mass is 35.5. The average molecular weight is 321 g/mol. The van der Waals surface area contributed by atoms with Gasteiger partial charge in [-0.3, -0.25) is 4.79 Å². The van der Waals surface area contributed by atoms with Crippen molar-refractivity contribution in [1.82, 2.24) is 0 Å². The van der Waals surface area contributed by atoms with E-state index >= 15 is 0 Å². The van der Waals surface area contributed by atoms with Crippen molar-refractivity contribution < 1.29 is 4.79 Å². The van der Waals surface area contributed by atoms with Crippen LogP contribution in [0, 0.1) is 0 Å². The summed E-state index contributed by atoms with van der Waals surface area (Å²) in [7, 11) is 0. The minimum atomic E-state index is 0.00367. The van der Waals surface area contributed by atoms with Crippen molar-refractivity contribution >= 4 is 40.5 Å². The van der Waals surface area contributed by atoms with E-state index in [0.717, 1.165) is 22.5 Å². The minimum Gasteiger partial charge on any atom is -0.377 e. The minimum absolute atomic E-state index is 0.00367. The lowest BCUT2D eigenvalue weighted by atomic mass is 10.1. The Hall–Kier alpha value is -1.71. The van der Waals surface area contributed by atoms with Crippen LogP contribution in [0.5, 0.6) is 0 Å². The molecular weight excluding hydrogens is 307 g/mol. The molecule has 3 nitrogen and oxygen atoms in total. The molecule has 1 heterocycles. The fraction of sp³-hybridized carbons (Fsp3) is 0.188. The summed E-state index contributed by atoms with van der Waals surface area (Å²) in [4.78, 5) is 11.4. The van der Waals surface area contributed by atoms with E-state index in [1.165, 1.54) is 0 Å². The van der Waals surface area contributed by atoms with Crippen LogP contribution < -0.4 is 10.6 Å². The number of anilines is 2. The first-order valence-electron chi connectivity index (χ1n) is 6.67. The predicted octanol–water partition coefficient (Wildman–Crippen LogP) is 4.66. The molecule has 0 fully saturated rings. The third-order valence-corrected chi connectivity index (χ3v) is 4.12. The lowest BCUT2D eigenvalue weighted by molar-refractivity contribution is -0.115. The maximum atomic E-state index is 11.4. The molecule has 0 saturated heterocycles. The molecular formula is C16H14Cl2N2O. The van der Waals surface area contributed by atoms with E-state index in [1.54, 1.807) is 6.07 Å². The number of amides is 1. The average Bonchev–Trinajstić information content (AvgIpc) is 2.79. The van der Waals surface area contributed by atoms with E-state index in [-0.39, 0.29) is 11.9 Å². The van der Waals surface area contributed by atoms with Crippen LogP contribution in [0.2, 0.25) is 10.0 Å². The second-order valence-electron chi connectivity index (χ2n) is 5.13. The summed E-state index contributed by atoms with van der Waals surface area (Å²) >= 11 is 12.2. The second-order valence-corrected chi connectivity index (χ2v) is 5.98. The summed E-state index contributed by atoms with van der Waals surface area (Å²) in [5.41, 5.74) is 3.71. The van der Waals surface area contributed by atoms with Gasteiger partial charge in [0.25, 0.3) is 0 Å². The van der Waals surface area contributed by atoms with Crippen LogP contribution in [-0.2, 0) is 11.2 Å². The molecule has 2 aromatic carbocycles. The zero-order valence-corrected chi connectivity index (χ0v) is 12.9. The van der Waals surface area contributed by atoms with E-state index in [2.05, 4.69) is 17.6 Å². The van der Waals surface area contributed by atoms with Crippen molar-refractivity contribution in [2.75, 3.05) is 10.6 Å². The Labute approximate surface area is 133 Å². The molecule has 2 N–H and O–H groups in total. The lowest BCUT2D eigenvalue weighted by Crippen LogP contribution is -2.07. The van der Waals surface area contributed by atoms with Gasteiger partial charge < -0.3 is 10.6 Å². The molecule has 0 saturated carbocycles. The Kier molecular flexibility index (Phi) is 3.79. The molecule has 5 heteroatoms. The van der Waals surface area contributed by atoms with E-state index in [4.69, 9.17) is 23.2 Å². The summed E-state index contributed by atoms with van der Waals surface area (Å²) in [5, 5.41) is 7.48. The first-order valence-corrected chi connectivity index (χ1v) is 7.43. The van der Waals surface area contributed by atoms with Crippen LogP contribution in [0.3, 0.4) is 0 Å². The lowest BCUT2D eigenvalue weighted by Gasteiger charge is -2.17. The molecule has 2 aromatic rings. The van der Waals surface area contributed by atoms with Crippen molar-refractivity contribution in [3.63, 3.8) is 0 Å². The number of benzene rings is 2. The van der Waals surface area contributed by atoms with Crippen molar-refractivity contribution in [1.29, 1.82) is 0 Å². The van der Waals surface area contributed by atoms with Gasteiger partial charge in [0.05, 0.1) is 17.1 Å². The molecule has 1 aliphatic rings. The number of nitrogens with one attached hydrogen (secondary N) is 2. The molecule has 1 aliphatic heterocycles. The Balaban J connectivity index is 1.83. The molecule has 0 radical (unpaired) electrons. The number of hydrogen-bond donors (Lipinski definition) is 2. The molecule has 1 atom stereocenters.